The van der Waals surface area contributed by atoms with Gasteiger partial charge < -0.3 is 19.3 Å². The first-order valence-electron chi connectivity index (χ1n) is 11.3. The Kier molecular flexibility index (Phi) is 8.62. The molecule has 0 unspecified atom stereocenters. The molecule has 6 heteroatoms. The molecule has 3 atom stereocenters. The summed E-state index contributed by atoms with van der Waals surface area (Å²) in [5.41, 5.74) is 2.09. The van der Waals surface area contributed by atoms with Crippen molar-refractivity contribution in [2.45, 2.75) is 57.5 Å². The van der Waals surface area contributed by atoms with E-state index in [4.69, 9.17) is 14.2 Å². The van der Waals surface area contributed by atoms with Crippen molar-refractivity contribution in [3.05, 3.63) is 29.1 Å². The summed E-state index contributed by atoms with van der Waals surface area (Å²) in [4.78, 5) is 17.9. The number of rotatable bonds is 12. The molecular formula is C25H35NO5. The van der Waals surface area contributed by atoms with Crippen molar-refractivity contribution < 1.29 is 24.1 Å². The Bertz CT molecular complexity index is 810. The molecule has 0 radical (unpaired) electrons. The summed E-state index contributed by atoms with van der Waals surface area (Å²) in [6.07, 6.45) is 9.48. The van der Waals surface area contributed by atoms with E-state index in [-0.39, 0.29) is 32.2 Å². The Labute approximate surface area is 185 Å². The topological polar surface area (TPSA) is 77.9 Å². The van der Waals surface area contributed by atoms with Crippen molar-refractivity contribution in [1.82, 2.24) is 4.98 Å². The molecule has 1 heterocycles. The van der Waals surface area contributed by atoms with Crippen LogP contribution in [-0.2, 0) is 38.3 Å². The second-order valence-electron chi connectivity index (χ2n) is 8.95. The fraction of sp³-hybridized carbons (Fsp3) is 0.680. The lowest BCUT2D eigenvalue weighted by atomic mass is 9.80. The van der Waals surface area contributed by atoms with E-state index in [0.717, 1.165) is 24.5 Å². The van der Waals surface area contributed by atoms with Crippen molar-refractivity contribution in [2.24, 2.45) is 17.8 Å². The summed E-state index contributed by atoms with van der Waals surface area (Å²) in [6, 6.07) is 2.10. The smallest absolute Gasteiger partial charge is 0.238 e. The Morgan fingerprint density at radius 3 is 2.71 bits per heavy atom. The quantitative estimate of drug-likeness (QED) is 0.313. The molecule has 6 nitrogen and oxygen atoms in total. The molecular weight excluding hydrogens is 394 g/mol. The monoisotopic (exact) mass is 429 g/mol. The molecule has 1 N–H and O–H groups in total. The van der Waals surface area contributed by atoms with E-state index in [1.807, 2.05) is 6.20 Å². The first-order chi connectivity index (χ1) is 15.0. The van der Waals surface area contributed by atoms with Crippen LogP contribution in [0, 0.1) is 29.6 Å². The number of nitrogens with zero attached hydrogens (tertiary/aromatic N) is 1. The number of hydrogen-bond donors (Lipinski definition) is 1. The molecule has 2 aliphatic carbocycles. The van der Waals surface area contributed by atoms with Gasteiger partial charge in [0, 0.05) is 45.1 Å². The highest BCUT2D eigenvalue weighted by atomic mass is 16.7. The van der Waals surface area contributed by atoms with Crippen LogP contribution in [0.15, 0.2) is 12.3 Å². The van der Waals surface area contributed by atoms with Gasteiger partial charge in [0.2, 0.25) is 5.78 Å². The van der Waals surface area contributed by atoms with Gasteiger partial charge in [-0.05, 0) is 54.2 Å². The molecule has 2 aliphatic rings. The second kappa shape index (κ2) is 11.2. The maximum Gasteiger partial charge on any atom is 0.238 e. The Balaban J connectivity index is 1.86. The molecule has 31 heavy (non-hydrogen) atoms. The average Bonchev–Trinajstić information content (AvgIpc) is 3.51. The van der Waals surface area contributed by atoms with Gasteiger partial charge in [0.1, 0.15) is 13.4 Å². The van der Waals surface area contributed by atoms with Gasteiger partial charge in [-0.25, -0.2) is 0 Å². The molecule has 0 aliphatic heterocycles. The molecule has 1 saturated carbocycles. The molecule has 3 rings (SSSR count). The lowest BCUT2D eigenvalue weighted by Gasteiger charge is -2.35. The van der Waals surface area contributed by atoms with Gasteiger partial charge in [0.05, 0.1) is 0 Å². The molecule has 0 amide bonds. The number of carbonyl (C=O) groups is 1. The molecule has 1 aromatic rings. The van der Waals surface area contributed by atoms with Gasteiger partial charge in [-0.3, -0.25) is 9.78 Å². The van der Waals surface area contributed by atoms with E-state index in [1.165, 1.54) is 51.0 Å². The van der Waals surface area contributed by atoms with Crippen LogP contribution in [0.25, 0.3) is 0 Å². The van der Waals surface area contributed by atoms with Gasteiger partial charge in [0.25, 0.3) is 0 Å². The number of ether oxygens (including phenoxy) is 3. The third-order valence-corrected chi connectivity index (χ3v) is 6.66. The highest BCUT2D eigenvalue weighted by molar-refractivity contribution is 6.02. The minimum absolute atomic E-state index is 0.0684. The molecule has 1 aromatic heterocycles. The van der Waals surface area contributed by atoms with Crippen molar-refractivity contribution in [3.63, 3.8) is 0 Å². The van der Waals surface area contributed by atoms with Crippen molar-refractivity contribution in [3.8, 4) is 11.8 Å². The van der Waals surface area contributed by atoms with Crippen LogP contribution in [0.2, 0.25) is 0 Å². The maximum atomic E-state index is 13.3. The van der Waals surface area contributed by atoms with Crippen LogP contribution in [-0.4, -0.2) is 55.7 Å². The van der Waals surface area contributed by atoms with E-state index >= 15 is 0 Å². The predicted octanol–water partition coefficient (Wildman–Crippen LogP) is 2.74. The lowest BCUT2D eigenvalue weighted by molar-refractivity contribution is -0.173. The number of carbonyl (C=O) groups excluding carboxylic acids is 1. The first kappa shape index (κ1) is 23.9. The van der Waals surface area contributed by atoms with E-state index in [9.17, 15) is 9.90 Å². The molecule has 0 aromatic carbocycles. The van der Waals surface area contributed by atoms with Crippen LogP contribution in [0.4, 0.5) is 0 Å². The number of pyridine rings is 1. The summed E-state index contributed by atoms with van der Waals surface area (Å²) in [6.45, 7) is 1.68. The normalized spacial score (nSPS) is 20.5. The second-order valence-corrected chi connectivity index (χ2v) is 8.95. The van der Waals surface area contributed by atoms with Crippen LogP contribution in [0.3, 0.4) is 0 Å². The molecule has 1 fully saturated rings. The third-order valence-electron chi connectivity index (χ3n) is 6.66. The summed E-state index contributed by atoms with van der Waals surface area (Å²) in [5.74, 6) is 6.10. The fourth-order valence-electron chi connectivity index (χ4n) is 4.52. The molecule has 170 valence electrons. The number of aromatic nitrogens is 1. The van der Waals surface area contributed by atoms with Crippen molar-refractivity contribution in [2.75, 3.05) is 34.2 Å². The Morgan fingerprint density at radius 1 is 1.26 bits per heavy atom. The standard InChI is InChI=1S/C25H35NO5/c1-18(16-27)25(31-17-30-3,24(28)5-4-12-29-2)15-23-22-14-20(9-8-19-6-7-19)13-21(22)10-11-26-23/h10-11,18-20,27H,6-9,12-17H2,1-3H3/t18-,20+,25+/m0/s1. The van der Waals surface area contributed by atoms with Crippen LogP contribution in [0.1, 0.15) is 49.4 Å². The van der Waals surface area contributed by atoms with Crippen LogP contribution < -0.4 is 0 Å². The molecule has 0 spiro atoms. The number of aliphatic hydroxyl groups is 1. The van der Waals surface area contributed by atoms with E-state index in [0.29, 0.717) is 5.92 Å². The van der Waals surface area contributed by atoms with Gasteiger partial charge in [-0.15, -0.1) is 0 Å². The number of ketones is 1. The van der Waals surface area contributed by atoms with Crippen molar-refractivity contribution in [1.29, 1.82) is 0 Å². The first-order valence-corrected chi connectivity index (χ1v) is 11.3. The number of Topliss-reactive ketones (excluding diaryl/α,β-unsaturated/α-hetero) is 1. The number of aliphatic hydroxyl groups excluding tert-OH is 1. The molecule has 0 bridgehead atoms. The zero-order valence-corrected chi connectivity index (χ0v) is 19.0. The summed E-state index contributed by atoms with van der Waals surface area (Å²) in [5, 5.41) is 9.97. The summed E-state index contributed by atoms with van der Waals surface area (Å²) in [7, 11) is 3.04. The van der Waals surface area contributed by atoms with Gasteiger partial charge in [0.15, 0.2) is 5.60 Å². The average molecular weight is 430 g/mol. The SMILES string of the molecule is COCC#CC(=O)[C@](Cc1nccc2c1C[C@H](CCC1CC1)C2)(OCOC)[C@@H](C)CO. The number of fused-ring (bicyclic) bond motifs is 1. The number of hydrogen-bond acceptors (Lipinski definition) is 6. The number of methoxy groups -OCH3 is 2. The van der Waals surface area contributed by atoms with Crippen LogP contribution >= 0.6 is 0 Å². The summed E-state index contributed by atoms with van der Waals surface area (Å²) < 4.78 is 16.1. The van der Waals surface area contributed by atoms with Crippen LogP contribution in [0.5, 0.6) is 0 Å². The van der Waals surface area contributed by atoms with Gasteiger partial charge in [-0.1, -0.05) is 32.1 Å². The zero-order valence-electron chi connectivity index (χ0n) is 19.0. The molecule has 0 saturated heterocycles. The van der Waals surface area contributed by atoms with Gasteiger partial charge in [-0.2, -0.15) is 0 Å². The fourth-order valence-corrected chi connectivity index (χ4v) is 4.52. The van der Waals surface area contributed by atoms with E-state index in [2.05, 4.69) is 22.9 Å². The van der Waals surface area contributed by atoms with Crippen molar-refractivity contribution >= 4 is 5.78 Å². The van der Waals surface area contributed by atoms with Gasteiger partial charge >= 0.3 is 0 Å². The van der Waals surface area contributed by atoms with E-state index in [1.54, 1.807) is 6.92 Å². The maximum absolute atomic E-state index is 13.3. The highest BCUT2D eigenvalue weighted by Gasteiger charge is 2.45. The Morgan fingerprint density at radius 2 is 2.03 bits per heavy atom. The predicted molar refractivity (Wildman–Crippen MR) is 117 cm³/mol. The zero-order chi connectivity index (χ0) is 22.3. The minimum Gasteiger partial charge on any atom is -0.396 e. The Hall–Kier alpha value is -1.78. The highest BCUT2D eigenvalue weighted by Crippen LogP contribution is 2.39. The van der Waals surface area contributed by atoms with E-state index < -0.39 is 11.5 Å². The largest absolute Gasteiger partial charge is 0.396 e. The lowest BCUT2D eigenvalue weighted by Crippen LogP contribution is -2.51. The third kappa shape index (κ3) is 5.93. The minimum atomic E-state index is -1.33. The summed E-state index contributed by atoms with van der Waals surface area (Å²) >= 11 is 0.